The summed E-state index contributed by atoms with van der Waals surface area (Å²) in [7, 11) is 0. The number of hydrogen-bond acceptors (Lipinski definition) is 5. The van der Waals surface area contributed by atoms with E-state index in [1.165, 1.54) is 0 Å². The number of unbranched alkanes of at least 4 members (excludes halogenated alkanes) is 1. The SMILES string of the molecule is CC(C)(S)CNCCN(CCCCC(=N)N)CC(C)(C)S. The van der Waals surface area contributed by atoms with E-state index in [0.29, 0.717) is 6.42 Å². The molecule has 0 atom stereocenters. The van der Waals surface area contributed by atoms with E-state index in [0.717, 1.165) is 45.6 Å². The van der Waals surface area contributed by atoms with E-state index in [9.17, 15) is 0 Å². The minimum atomic E-state index is 0.00337. The summed E-state index contributed by atoms with van der Waals surface area (Å²) < 4.78 is 0.0263. The van der Waals surface area contributed by atoms with Gasteiger partial charge in [0.1, 0.15) is 0 Å². The molecule has 4 nitrogen and oxygen atoms in total. The molecule has 0 bridgehead atoms. The first kappa shape index (κ1) is 21.1. The molecular weight excluding hydrogens is 300 g/mol. The first-order valence-electron chi connectivity index (χ1n) is 7.70. The normalized spacial score (nSPS) is 12.9. The molecule has 0 amide bonds. The van der Waals surface area contributed by atoms with Crippen molar-refractivity contribution in [2.45, 2.75) is 56.5 Å². The van der Waals surface area contributed by atoms with Crippen molar-refractivity contribution >= 4 is 31.1 Å². The Morgan fingerprint density at radius 2 is 1.71 bits per heavy atom. The van der Waals surface area contributed by atoms with Gasteiger partial charge in [0.25, 0.3) is 0 Å². The summed E-state index contributed by atoms with van der Waals surface area (Å²) in [4.78, 5) is 2.44. The Kier molecular flexibility index (Phi) is 10.0. The molecule has 0 aromatic rings. The molecule has 0 aliphatic heterocycles. The zero-order valence-corrected chi connectivity index (χ0v) is 15.9. The van der Waals surface area contributed by atoms with Gasteiger partial charge in [-0.1, -0.05) is 0 Å². The second-order valence-corrected chi connectivity index (χ2v) is 9.48. The molecule has 126 valence electrons. The van der Waals surface area contributed by atoms with Gasteiger partial charge in [0.15, 0.2) is 0 Å². The smallest absolute Gasteiger partial charge is 0.0905 e. The van der Waals surface area contributed by atoms with Crippen molar-refractivity contribution in [3.8, 4) is 0 Å². The summed E-state index contributed by atoms with van der Waals surface area (Å²) in [6, 6.07) is 0. The van der Waals surface area contributed by atoms with E-state index in [1.54, 1.807) is 0 Å². The fourth-order valence-corrected chi connectivity index (χ4v) is 2.41. The van der Waals surface area contributed by atoms with Crippen LogP contribution in [0.4, 0.5) is 0 Å². The first-order valence-corrected chi connectivity index (χ1v) is 8.60. The molecule has 0 unspecified atom stereocenters. The second kappa shape index (κ2) is 9.98. The van der Waals surface area contributed by atoms with Crippen LogP contribution >= 0.6 is 25.3 Å². The maximum Gasteiger partial charge on any atom is 0.0905 e. The molecule has 0 aliphatic carbocycles. The Labute approximate surface area is 141 Å². The van der Waals surface area contributed by atoms with E-state index in [1.807, 2.05) is 0 Å². The molecular formula is C15H34N4S2. The van der Waals surface area contributed by atoms with Crippen molar-refractivity contribution in [3.63, 3.8) is 0 Å². The summed E-state index contributed by atoms with van der Waals surface area (Å²) in [6.07, 6.45) is 2.75. The number of rotatable bonds is 12. The number of amidine groups is 1. The van der Waals surface area contributed by atoms with Crippen molar-refractivity contribution in [2.75, 3.05) is 32.7 Å². The standard InChI is InChI=1S/C15H34N4S2/c1-14(2,20)11-18-8-10-19(12-15(3,4)21)9-6-5-7-13(16)17/h18,20-21H,5-12H2,1-4H3,(H3,16,17). The Morgan fingerprint density at radius 3 is 2.19 bits per heavy atom. The van der Waals surface area contributed by atoms with Gasteiger partial charge in [-0.3, -0.25) is 5.41 Å². The van der Waals surface area contributed by atoms with Gasteiger partial charge >= 0.3 is 0 Å². The lowest BCUT2D eigenvalue weighted by molar-refractivity contribution is 0.251. The van der Waals surface area contributed by atoms with Crippen LogP contribution in [0.15, 0.2) is 0 Å². The Morgan fingerprint density at radius 1 is 1.10 bits per heavy atom. The molecule has 0 aromatic carbocycles. The number of nitrogens with one attached hydrogen (secondary N) is 2. The van der Waals surface area contributed by atoms with Crippen LogP contribution in [-0.2, 0) is 0 Å². The third-order valence-corrected chi connectivity index (χ3v) is 3.24. The first-order chi connectivity index (χ1) is 9.49. The van der Waals surface area contributed by atoms with E-state index in [2.05, 4.69) is 63.2 Å². The topological polar surface area (TPSA) is 65.1 Å². The number of nitrogens with two attached hydrogens (primary N) is 1. The lowest BCUT2D eigenvalue weighted by atomic mass is 10.1. The van der Waals surface area contributed by atoms with Gasteiger partial charge in [-0.15, -0.1) is 0 Å². The van der Waals surface area contributed by atoms with Crippen molar-refractivity contribution in [2.24, 2.45) is 5.73 Å². The molecule has 0 aromatic heterocycles. The highest BCUT2D eigenvalue weighted by Crippen LogP contribution is 2.14. The number of hydrogen-bond donors (Lipinski definition) is 5. The highest BCUT2D eigenvalue weighted by atomic mass is 32.1. The molecule has 6 heteroatoms. The van der Waals surface area contributed by atoms with Gasteiger partial charge in [-0.05, 0) is 47.1 Å². The monoisotopic (exact) mass is 334 g/mol. The van der Waals surface area contributed by atoms with Crippen LogP contribution in [0.5, 0.6) is 0 Å². The van der Waals surface area contributed by atoms with Crippen molar-refractivity contribution in [1.29, 1.82) is 5.41 Å². The molecule has 0 rings (SSSR count). The van der Waals surface area contributed by atoms with Crippen molar-refractivity contribution in [1.82, 2.24) is 10.2 Å². The third-order valence-electron chi connectivity index (χ3n) is 2.94. The van der Waals surface area contributed by atoms with Crippen LogP contribution in [0, 0.1) is 5.41 Å². The van der Waals surface area contributed by atoms with E-state index in [-0.39, 0.29) is 15.3 Å². The maximum absolute atomic E-state index is 7.25. The van der Waals surface area contributed by atoms with Gasteiger partial charge in [-0.25, -0.2) is 0 Å². The predicted octanol–water partition coefficient (Wildman–Crippen LogP) is 2.40. The molecule has 0 heterocycles. The molecule has 0 aliphatic rings. The van der Waals surface area contributed by atoms with Crippen LogP contribution in [-0.4, -0.2) is 53.0 Å². The van der Waals surface area contributed by atoms with Gasteiger partial charge in [0, 0.05) is 42.1 Å². The fraction of sp³-hybridized carbons (Fsp3) is 0.933. The minimum absolute atomic E-state index is 0.00337. The number of thiol groups is 2. The summed E-state index contributed by atoms with van der Waals surface area (Å²) >= 11 is 9.15. The Balaban J connectivity index is 4.05. The van der Waals surface area contributed by atoms with Crippen molar-refractivity contribution in [3.05, 3.63) is 0 Å². The van der Waals surface area contributed by atoms with Crippen LogP contribution in [0.2, 0.25) is 0 Å². The average molecular weight is 335 g/mol. The molecule has 4 N–H and O–H groups in total. The lowest BCUT2D eigenvalue weighted by Crippen LogP contribution is -2.41. The lowest BCUT2D eigenvalue weighted by Gasteiger charge is -2.30. The van der Waals surface area contributed by atoms with Crippen LogP contribution in [0.3, 0.4) is 0 Å². The molecule has 0 saturated heterocycles. The molecule has 0 fully saturated rings. The predicted molar refractivity (Wildman–Crippen MR) is 101 cm³/mol. The van der Waals surface area contributed by atoms with Gasteiger partial charge in [0.05, 0.1) is 5.84 Å². The van der Waals surface area contributed by atoms with Crippen LogP contribution in [0.25, 0.3) is 0 Å². The van der Waals surface area contributed by atoms with Crippen LogP contribution < -0.4 is 11.1 Å². The fourth-order valence-electron chi connectivity index (χ4n) is 2.10. The van der Waals surface area contributed by atoms with E-state index >= 15 is 0 Å². The largest absolute Gasteiger partial charge is 0.388 e. The summed E-state index contributed by atoms with van der Waals surface area (Å²) in [5.41, 5.74) is 5.39. The van der Waals surface area contributed by atoms with E-state index < -0.39 is 0 Å². The third kappa shape index (κ3) is 16.3. The maximum atomic E-state index is 7.25. The summed E-state index contributed by atoms with van der Waals surface area (Å²) in [5, 5.41) is 10.7. The van der Waals surface area contributed by atoms with Gasteiger partial charge in [0.2, 0.25) is 0 Å². The average Bonchev–Trinajstić information content (AvgIpc) is 2.26. The highest BCUT2D eigenvalue weighted by Gasteiger charge is 2.17. The Bertz CT molecular complexity index is 295. The zero-order valence-electron chi connectivity index (χ0n) is 14.1. The van der Waals surface area contributed by atoms with Gasteiger partial charge < -0.3 is 16.0 Å². The van der Waals surface area contributed by atoms with Crippen molar-refractivity contribution < 1.29 is 0 Å². The van der Waals surface area contributed by atoms with Crippen LogP contribution in [0.1, 0.15) is 47.0 Å². The minimum Gasteiger partial charge on any atom is -0.388 e. The summed E-state index contributed by atoms with van der Waals surface area (Å²) in [5.74, 6) is 0.286. The molecule has 0 saturated carbocycles. The van der Waals surface area contributed by atoms with Gasteiger partial charge in [-0.2, -0.15) is 25.3 Å². The molecule has 0 radical (unpaired) electrons. The molecule has 0 spiro atoms. The zero-order chi connectivity index (χ0) is 16.5. The summed E-state index contributed by atoms with van der Waals surface area (Å²) in [6.45, 7) is 13.4. The highest BCUT2D eigenvalue weighted by molar-refractivity contribution is 7.82. The Hall–Kier alpha value is 0.0900. The second-order valence-electron chi connectivity index (χ2n) is 7.06. The quantitative estimate of drug-likeness (QED) is 0.165. The molecule has 21 heavy (non-hydrogen) atoms. The van der Waals surface area contributed by atoms with E-state index in [4.69, 9.17) is 11.1 Å². The number of nitrogens with zero attached hydrogens (tertiary/aromatic N) is 1.